The predicted molar refractivity (Wildman–Crippen MR) is 101 cm³/mol. The van der Waals surface area contributed by atoms with Crippen LogP contribution in [0.4, 0.5) is 0 Å². The van der Waals surface area contributed by atoms with E-state index in [1.165, 1.54) is 47.0 Å². The summed E-state index contributed by atoms with van der Waals surface area (Å²) in [5.41, 5.74) is 1.33. The molecule has 4 heteroatoms. The zero-order chi connectivity index (χ0) is 15.3. The van der Waals surface area contributed by atoms with Crippen molar-refractivity contribution in [3.05, 3.63) is 28.2 Å². The van der Waals surface area contributed by atoms with Gasteiger partial charge in [0.25, 0.3) is 0 Å². The first kappa shape index (κ1) is 17.7. The van der Waals surface area contributed by atoms with Gasteiger partial charge in [0.05, 0.1) is 0 Å². The fraction of sp³-hybridized carbons (Fsp3) is 0.647. The summed E-state index contributed by atoms with van der Waals surface area (Å²) in [5.74, 6) is 0. The number of hydrogen-bond acceptors (Lipinski definition) is 3. The monoisotopic (exact) mass is 387 g/mol. The highest BCUT2D eigenvalue weighted by molar-refractivity contribution is 9.10. The minimum atomic E-state index is 0.253. The second kappa shape index (κ2) is 8.28. The van der Waals surface area contributed by atoms with Gasteiger partial charge in [0.1, 0.15) is 0 Å². The Balaban J connectivity index is 1.87. The molecule has 0 aliphatic heterocycles. The minimum Gasteiger partial charge on any atom is -0.259 e. The van der Waals surface area contributed by atoms with Crippen molar-refractivity contribution in [2.75, 3.05) is 0 Å². The van der Waals surface area contributed by atoms with Crippen molar-refractivity contribution in [3.63, 3.8) is 0 Å². The fourth-order valence-electron chi connectivity index (χ4n) is 2.45. The lowest BCUT2D eigenvalue weighted by Gasteiger charge is -2.21. The molecular weight excluding hydrogens is 362 g/mol. The zero-order valence-electron chi connectivity index (χ0n) is 13.2. The fourth-order valence-corrected chi connectivity index (χ4v) is 5.07. The lowest BCUT2D eigenvalue weighted by molar-refractivity contribution is 0.516. The molecular formula is C17H26BrNS2. The topological polar surface area (TPSA) is 12.0 Å². The van der Waals surface area contributed by atoms with E-state index in [0.717, 1.165) is 11.8 Å². The van der Waals surface area contributed by atoms with E-state index in [1.807, 2.05) is 0 Å². The van der Waals surface area contributed by atoms with E-state index >= 15 is 0 Å². The van der Waals surface area contributed by atoms with E-state index in [0.29, 0.717) is 0 Å². The van der Waals surface area contributed by atoms with Gasteiger partial charge < -0.3 is 0 Å². The molecule has 1 saturated carbocycles. The van der Waals surface area contributed by atoms with Crippen LogP contribution in [0.2, 0.25) is 0 Å². The smallest absolute Gasteiger partial charge is 0.0321 e. The van der Waals surface area contributed by atoms with Gasteiger partial charge in [-0.3, -0.25) is 4.72 Å². The second-order valence-electron chi connectivity index (χ2n) is 6.67. The summed E-state index contributed by atoms with van der Waals surface area (Å²) < 4.78 is 4.94. The maximum absolute atomic E-state index is 3.73. The van der Waals surface area contributed by atoms with Crippen LogP contribution in [0.3, 0.4) is 0 Å². The van der Waals surface area contributed by atoms with E-state index in [1.54, 1.807) is 11.9 Å². The molecule has 1 aliphatic carbocycles. The maximum atomic E-state index is 3.73. The van der Waals surface area contributed by atoms with Gasteiger partial charge in [0.15, 0.2) is 0 Å². The van der Waals surface area contributed by atoms with Crippen molar-refractivity contribution in [2.24, 2.45) is 0 Å². The molecule has 1 aliphatic rings. The number of hydrogen-bond donors (Lipinski definition) is 1. The van der Waals surface area contributed by atoms with Crippen molar-refractivity contribution in [1.82, 2.24) is 4.72 Å². The molecule has 0 radical (unpaired) electrons. The summed E-state index contributed by atoms with van der Waals surface area (Å²) in [6.07, 6.45) is 7.01. The molecule has 0 amide bonds. The third-order valence-corrected chi connectivity index (χ3v) is 6.49. The van der Waals surface area contributed by atoms with Crippen LogP contribution in [0, 0.1) is 0 Å². The number of rotatable bonds is 5. The molecule has 0 bridgehead atoms. The Kier molecular flexibility index (Phi) is 6.98. The lowest BCUT2D eigenvalue weighted by Crippen LogP contribution is -2.16. The van der Waals surface area contributed by atoms with Crippen LogP contribution in [-0.4, -0.2) is 10.00 Å². The van der Waals surface area contributed by atoms with Gasteiger partial charge in [-0.15, -0.1) is 11.8 Å². The molecule has 0 aromatic heterocycles. The summed E-state index contributed by atoms with van der Waals surface area (Å²) in [6.45, 7) is 7.58. The van der Waals surface area contributed by atoms with Crippen molar-refractivity contribution in [3.8, 4) is 0 Å². The summed E-state index contributed by atoms with van der Waals surface area (Å²) in [5, 5.41) is 0.825. The molecule has 0 heterocycles. The average molecular weight is 388 g/mol. The Morgan fingerprint density at radius 3 is 2.52 bits per heavy atom. The molecule has 1 fully saturated rings. The maximum Gasteiger partial charge on any atom is 0.0321 e. The van der Waals surface area contributed by atoms with Crippen LogP contribution >= 0.6 is 39.6 Å². The molecule has 0 atom stereocenters. The molecule has 21 heavy (non-hydrogen) atoms. The molecule has 1 aromatic rings. The number of halogens is 1. The highest BCUT2D eigenvalue weighted by Gasteiger charge is 2.15. The number of benzene rings is 1. The summed E-state index contributed by atoms with van der Waals surface area (Å²) in [4.78, 5) is 1.40. The van der Waals surface area contributed by atoms with Gasteiger partial charge >= 0.3 is 0 Å². The van der Waals surface area contributed by atoms with Crippen LogP contribution in [0.1, 0.15) is 58.4 Å². The quantitative estimate of drug-likeness (QED) is 0.586. The lowest BCUT2D eigenvalue weighted by atomic mass is 10.0. The Labute approximate surface area is 146 Å². The minimum absolute atomic E-state index is 0.253. The molecule has 0 spiro atoms. The van der Waals surface area contributed by atoms with E-state index in [2.05, 4.69) is 71.4 Å². The van der Waals surface area contributed by atoms with Gasteiger partial charge in [0, 0.05) is 25.9 Å². The molecule has 118 valence electrons. The third-order valence-electron chi connectivity index (χ3n) is 3.52. The van der Waals surface area contributed by atoms with Crippen molar-refractivity contribution >= 4 is 39.6 Å². The molecule has 0 saturated heterocycles. The molecule has 1 N–H and O–H groups in total. The molecule has 2 rings (SSSR count). The van der Waals surface area contributed by atoms with Crippen LogP contribution < -0.4 is 4.72 Å². The normalized spacial score (nSPS) is 17.1. The largest absolute Gasteiger partial charge is 0.259 e. The van der Waals surface area contributed by atoms with Crippen LogP contribution in [-0.2, 0) is 6.54 Å². The average Bonchev–Trinajstić information content (AvgIpc) is 2.41. The second-order valence-corrected chi connectivity index (χ2v) is 10.6. The van der Waals surface area contributed by atoms with E-state index in [4.69, 9.17) is 0 Å². The Morgan fingerprint density at radius 2 is 1.90 bits per heavy atom. The summed E-state index contributed by atoms with van der Waals surface area (Å²) in [6, 6.07) is 6.83. The number of thioether (sulfide) groups is 1. The first-order chi connectivity index (χ1) is 9.94. The third kappa shape index (κ3) is 6.55. The van der Waals surface area contributed by atoms with Gasteiger partial charge in [0.2, 0.25) is 0 Å². The Bertz CT molecular complexity index is 451. The van der Waals surface area contributed by atoms with Gasteiger partial charge in [-0.25, -0.2) is 0 Å². The van der Waals surface area contributed by atoms with Crippen LogP contribution in [0.25, 0.3) is 0 Å². The Morgan fingerprint density at radius 1 is 1.19 bits per heavy atom. The first-order valence-corrected chi connectivity index (χ1v) is 10.3. The van der Waals surface area contributed by atoms with Crippen molar-refractivity contribution in [1.29, 1.82) is 0 Å². The van der Waals surface area contributed by atoms with Crippen LogP contribution in [0.15, 0.2) is 27.6 Å². The highest BCUT2D eigenvalue weighted by atomic mass is 79.9. The van der Waals surface area contributed by atoms with Crippen molar-refractivity contribution in [2.45, 2.75) is 74.3 Å². The van der Waals surface area contributed by atoms with E-state index < -0.39 is 0 Å². The molecule has 1 nitrogen and oxygen atoms in total. The van der Waals surface area contributed by atoms with Gasteiger partial charge in [-0.05, 0) is 51.3 Å². The Hall–Kier alpha value is 0.360. The first-order valence-electron chi connectivity index (χ1n) is 7.80. The SMILES string of the molecule is CC(C)(C)SNCc1ccc(SC2CCCCC2)cc1Br. The van der Waals surface area contributed by atoms with Crippen LogP contribution in [0.5, 0.6) is 0 Å². The van der Waals surface area contributed by atoms with Gasteiger partial charge in [-0.1, -0.05) is 53.2 Å². The summed E-state index contributed by atoms with van der Waals surface area (Å²) in [7, 11) is 0. The highest BCUT2D eigenvalue weighted by Crippen LogP contribution is 2.35. The van der Waals surface area contributed by atoms with Crippen molar-refractivity contribution < 1.29 is 0 Å². The van der Waals surface area contributed by atoms with Gasteiger partial charge in [-0.2, -0.15) is 0 Å². The summed E-state index contributed by atoms with van der Waals surface area (Å²) >= 11 is 7.58. The van der Waals surface area contributed by atoms with E-state index in [9.17, 15) is 0 Å². The molecule has 1 aromatic carbocycles. The molecule has 0 unspecified atom stereocenters. The standard InChI is InChI=1S/C17H26BrNS2/c1-17(2,3)21-19-12-13-9-10-15(11-16(13)18)20-14-7-5-4-6-8-14/h9-11,14,19H,4-8,12H2,1-3H3. The number of nitrogens with one attached hydrogen (secondary N) is 1. The predicted octanol–water partition coefficient (Wildman–Crippen LogP) is 6.41. The van der Waals surface area contributed by atoms with E-state index in [-0.39, 0.29) is 4.75 Å². The zero-order valence-corrected chi connectivity index (χ0v) is 16.5.